The number of rotatable bonds is 2. The molecule has 0 bridgehead atoms. The van der Waals surface area contributed by atoms with E-state index in [0.717, 1.165) is 11.0 Å². The summed E-state index contributed by atoms with van der Waals surface area (Å²) in [5.74, 6) is 0. The van der Waals surface area contributed by atoms with Gasteiger partial charge < -0.3 is 9.96 Å². The van der Waals surface area contributed by atoms with Crippen LogP contribution in [0.4, 0.5) is 0 Å². The van der Waals surface area contributed by atoms with E-state index >= 15 is 0 Å². The van der Waals surface area contributed by atoms with Crippen molar-refractivity contribution in [3.8, 4) is 0 Å². The van der Waals surface area contributed by atoms with Crippen molar-refractivity contribution in [3.05, 3.63) is 35.4 Å². The van der Waals surface area contributed by atoms with Crippen LogP contribution in [-0.2, 0) is 12.0 Å². The van der Waals surface area contributed by atoms with Gasteiger partial charge in [0.1, 0.15) is 6.54 Å². The highest BCUT2D eigenvalue weighted by Gasteiger charge is 2.07. The molecule has 1 radical (unpaired) electrons. The minimum absolute atomic E-state index is 0. The molecule has 0 saturated carbocycles. The van der Waals surface area contributed by atoms with Crippen LogP contribution in [0.1, 0.15) is 11.1 Å². The molecule has 1 aromatic rings. The van der Waals surface area contributed by atoms with Crippen LogP contribution in [0.3, 0.4) is 0 Å². The largest absolute Gasteiger partial charge is 1.00 e. The summed E-state index contributed by atoms with van der Waals surface area (Å²) in [6.45, 7) is 3.22. The minimum Gasteiger partial charge on any atom is -1.00 e. The van der Waals surface area contributed by atoms with Gasteiger partial charge in [0.25, 0.3) is 0 Å². The minimum atomic E-state index is 0. The maximum absolute atomic E-state index is 2.21. The van der Waals surface area contributed by atoms with Crippen molar-refractivity contribution in [2.24, 2.45) is 0 Å². The van der Waals surface area contributed by atoms with E-state index < -0.39 is 0 Å². The van der Waals surface area contributed by atoms with E-state index in [1.165, 1.54) is 11.1 Å². The van der Waals surface area contributed by atoms with E-state index in [1.807, 2.05) is 0 Å². The smallest absolute Gasteiger partial charge is 0.104 e. The highest BCUT2D eigenvalue weighted by molar-refractivity contribution is 5.20. The van der Waals surface area contributed by atoms with Crippen molar-refractivity contribution in [1.29, 1.82) is 0 Å². The standard InChI is InChI=1S/C11H18N.O/c1-10-5-7-11(8-6-10)9-12(2,3)4;/h5-8H,9H2,1-4H3;/q+1;-1. The molecule has 0 N–H and O–H groups in total. The first kappa shape index (κ1) is 12.1. The van der Waals surface area contributed by atoms with Gasteiger partial charge in [0.2, 0.25) is 0 Å². The van der Waals surface area contributed by atoms with E-state index in [2.05, 4.69) is 52.3 Å². The van der Waals surface area contributed by atoms with Crippen LogP contribution in [0, 0.1) is 6.92 Å². The van der Waals surface area contributed by atoms with Crippen molar-refractivity contribution in [3.63, 3.8) is 0 Å². The average Bonchev–Trinajstić information content (AvgIpc) is 1.91. The summed E-state index contributed by atoms with van der Waals surface area (Å²) in [5.41, 5.74) is 2.74. The second-order valence-corrected chi connectivity index (χ2v) is 4.43. The second-order valence-electron chi connectivity index (χ2n) is 4.43. The van der Waals surface area contributed by atoms with E-state index in [4.69, 9.17) is 0 Å². The molecule has 0 aliphatic carbocycles. The number of quaternary nitrogens is 1. The van der Waals surface area contributed by atoms with Gasteiger partial charge in [-0.2, -0.15) is 0 Å². The molecule has 13 heavy (non-hydrogen) atoms. The third-order valence-electron chi connectivity index (χ3n) is 1.78. The summed E-state index contributed by atoms with van der Waals surface area (Å²) in [6.07, 6.45) is 0. The molecule has 0 saturated heterocycles. The Bertz CT molecular complexity index is 246. The fourth-order valence-corrected chi connectivity index (χ4v) is 1.24. The molecule has 0 spiro atoms. The summed E-state index contributed by atoms with van der Waals surface area (Å²) >= 11 is 0. The highest BCUT2D eigenvalue weighted by atomic mass is 16.0. The molecular weight excluding hydrogens is 162 g/mol. The lowest BCUT2D eigenvalue weighted by Gasteiger charge is -2.23. The third-order valence-corrected chi connectivity index (χ3v) is 1.78. The predicted octanol–water partition coefficient (Wildman–Crippen LogP) is 2.08. The molecule has 0 aromatic heterocycles. The van der Waals surface area contributed by atoms with E-state index in [0.29, 0.717) is 0 Å². The molecule has 0 atom stereocenters. The lowest BCUT2D eigenvalue weighted by atomic mass is 10.1. The zero-order valence-corrected chi connectivity index (χ0v) is 8.87. The maximum atomic E-state index is 2.21. The van der Waals surface area contributed by atoms with Crippen molar-refractivity contribution in [2.45, 2.75) is 13.5 Å². The van der Waals surface area contributed by atoms with Crippen molar-refractivity contribution in [1.82, 2.24) is 0 Å². The Hall–Kier alpha value is -0.860. The molecule has 0 aliphatic heterocycles. The molecule has 0 fully saturated rings. The summed E-state index contributed by atoms with van der Waals surface area (Å²) in [6, 6.07) is 8.76. The molecule has 73 valence electrons. The Balaban J connectivity index is 0.00000144. The molecule has 0 unspecified atom stereocenters. The Kier molecular flexibility index (Phi) is 4.11. The van der Waals surface area contributed by atoms with Gasteiger partial charge in [-0.15, -0.1) is 0 Å². The van der Waals surface area contributed by atoms with Crippen LogP contribution in [0.2, 0.25) is 0 Å². The molecule has 0 aliphatic rings. The fraction of sp³-hybridized carbons (Fsp3) is 0.455. The van der Waals surface area contributed by atoms with Gasteiger partial charge in [-0.3, -0.25) is 0 Å². The van der Waals surface area contributed by atoms with Crippen LogP contribution in [0.5, 0.6) is 0 Å². The zero-order valence-electron chi connectivity index (χ0n) is 8.87. The number of aryl methyl sites for hydroxylation is 1. The monoisotopic (exact) mass is 180 g/mol. The summed E-state index contributed by atoms with van der Waals surface area (Å²) < 4.78 is 0.989. The lowest BCUT2D eigenvalue weighted by Crippen LogP contribution is -2.33. The van der Waals surface area contributed by atoms with E-state index in [-0.39, 0.29) is 5.48 Å². The molecule has 1 rings (SSSR count). The summed E-state index contributed by atoms with van der Waals surface area (Å²) in [4.78, 5) is 0. The molecule has 2 nitrogen and oxygen atoms in total. The normalized spacial score (nSPS) is 10.8. The van der Waals surface area contributed by atoms with Crippen LogP contribution in [-0.4, -0.2) is 25.6 Å². The predicted molar refractivity (Wildman–Crippen MR) is 53.6 cm³/mol. The van der Waals surface area contributed by atoms with Gasteiger partial charge in [-0.25, -0.2) is 0 Å². The van der Waals surface area contributed by atoms with Gasteiger partial charge >= 0.3 is 0 Å². The summed E-state index contributed by atoms with van der Waals surface area (Å²) in [7, 11) is 6.62. The highest BCUT2D eigenvalue weighted by Crippen LogP contribution is 2.07. The van der Waals surface area contributed by atoms with Crippen LogP contribution < -0.4 is 0 Å². The van der Waals surface area contributed by atoms with Gasteiger partial charge in [-0.05, 0) is 6.92 Å². The first-order valence-electron chi connectivity index (χ1n) is 4.33. The van der Waals surface area contributed by atoms with Crippen LogP contribution in [0.25, 0.3) is 0 Å². The first-order chi connectivity index (χ1) is 5.47. The first-order valence-corrected chi connectivity index (χ1v) is 4.33. The second kappa shape index (κ2) is 4.40. The van der Waals surface area contributed by atoms with Crippen molar-refractivity contribution >= 4 is 0 Å². The van der Waals surface area contributed by atoms with E-state index in [9.17, 15) is 0 Å². The zero-order chi connectivity index (χ0) is 9.19. The van der Waals surface area contributed by atoms with Crippen molar-refractivity contribution < 1.29 is 9.96 Å². The van der Waals surface area contributed by atoms with Crippen molar-refractivity contribution in [2.75, 3.05) is 21.1 Å². The number of hydrogen-bond acceptors (Lipinski definition) is 1. The number of benzene rings is 1. The third kappa shape index (κ3) is 4.65. The molecular formula is C11H18NO. The fourth-order valence-electron chi connectivity index (χ4n) is 1.24. The van der Waals surface area contributed by atoms with E-state index in [1.54, 1.807) is 0 Å². The van der Waals surface area contributed by atoms with Gasteiger partial charge in [0, 0.05) is 5.56 Å². The molecule has 2 heteroatoms. The SMILES string of the molecule is Cc1ccc(C[N+](C)(C)C)cc1.[O-]. The molecule has 0 heterocycles. The van der Waals surface area contributed by atoms with Gasteiger partial charge in [-0.1, -0.05) is 29.8 Å². The Labute approximate surface area is 80.7 Å². The maximum Gasteiger partial charge on any atom is 0.104 e. The van der Waals surface area contributed by atoms with Gasteiger partial charge in [0.05, 0.1) is 21.1 Å². The summed E-state index contributed by atoms with van der Waals surface area (Å²) in [5, 5.41) is 0. The van der Waals surface area contributed by atoms with Crippen LogP contribution >= 0.6 is 0 Å². The number of hydrogen-bond donors (Lipinski definition) is 0. The van der Waals surface area contributed by atoms with Gasteiger partial charge in [0.15, 0.2) is 0 Å². The van der Waals surface area contributed by atoms with Crippen LogP contribution in [0.15, 0.2) is 24.3 Å². The number of nitrogens with zero attached hydrogens (tertiary/aromatic N) is 1. The Morgan fingerprint density at radius 2 is 1.46 bits per heavy atom. The Morgan fingerprint density at radius 1 is 1.00 bits per heavy atom. The topological polar surface area (TPSA) is 28.5 Å². The average molecular weight is 180 g/mol. The molecule has 1 aromatic carbocycles. The quantitative estimate of drug-likeness (QED) is 0.623. The lowest BCUT2D eigenvalue weighted by molar-refractivity contribution is -0.884. The molecule has 0 amide bonds. The Morgan fingerprint density at radius 3 is 1.85 bits per heavy atom.